The van der Waals surface area contributed by atoms with E-state index in [4.69, 9.17) is 33.4 Å². The highest BCUT2D eigenvalue weighted by molar-refractivity contribution is 6.52. The Bertz CT molecular complexity index is 317. The van der Waals surface area contributed by atoms with Crippen molar-refractivity contribution in [1.29, 1.82) is 0 Å². The normalized spacial score (nSPS) is 18.9. The van der Waals surface area contributed by atoms with E-state index in [0.717, 1.165) is 0 Å². The minimum Gasteiger partial charge on any atom is -0.480 e. The molecule has 1 rings (SSSR count). The van der Waals surface area contributed by atoms with Crippen molar-refractivity contribution >= 4 is 41.1 Å². The molecule has 0 radical (unpaired) electrons. The van der Waals surface area contributed by atoms with Gasteiger partial charge in [0.25, 0.3) is 0 Å². The maximum atomic E-state index is 10.9. The molecule has 0 aromatic rings. The molecule has 2 N–H and O–H groups in total. The fourth-order valence-electron chi connectivity index (χ4n) is 1.46. The molecule has 0 aromatic heterocycles. The summed E-state index contributed by atoms with van der Waals surface area (Å²) in [5.41, 5.74) is -1.86. The molecule has 8 heteroatoms. The predicted octanol–water partition coefficient (Wildman–Crippen LogP) is 0.651. The van der Waals surface area contributed by atoms with Crippen molar-refractivity contribution in [3.63, 3.8) is 0 Å². The van der Waals surface area contributed by atoms with Crippen molar-refractivity contribution in [2.24, 2.45) is 5.41 Å². The summed E-state index contributed by atoms with van der Waals surface area (Å²) < 4.78 is 4.67. The number of carbonyl (C=O) groups excluding carboxylic acids is 1. The van der Waals surface area contributed by atoms with E-state index in [9.17, 15) is 14.4 Å². The molecular formula is C8H8Cl2O6. The zero-order chi connectivity index (χ0) is 12.5. The SMILES string of the molecule is O=C(OC1CC(C(=O)O)(C(=O)O)C1)C(Cl)Cl. The summed E-state index contributed by atoms with van der Waals surface area (Å²) in [5.74, 6) is -3.79. The van der Waals surface area contributed by atoms with Crippen LogP contribution < -0.4 is 0 Å². The molecule has 1 aliphatic carbocycles. The molecule has 90 valence electrons. The van der Waals surface area contributed by atoms with Gasteiger partial charge >= 0.3 is 17.9 Å². The third kappa shape index (κ3) is 2.22. The van der Waals surface area contributed by atoms with Crippen LogP contribution in [0.3, 0.4) is 0 Å². The van der Waals surface area contributed by atoms with Crippen LogP contribution >= 0.6 is 23.2 Å². The summed E-state index contributed by atoms with van der Waals surface area (Å²) in [5, 5.41) is 17.5. The molecule has 6 nitrogen and oxygen atoms in total. The number of ether oxygens (including phenoxy) is 1. The number of aliphatic carboxylic acids is 2. The number of esters is 1. The van der Waals surface area contributed by atoms with Gasteiger partial charge in [-0.25, -0.2) is 4.79 Å². The molecule has 0 spiro atoms. The molecule has 0 bridgehead atoms. The fourth-order valence-corrected chi connectivity index (χ4v) is 1.56. The molecule has 0 aromatic carbocycles. The first kappa shape index (κ1) is 13.1. The maximum Gasteiger partial charge on any atom is 0.339 e. The van der Waals surface area contributed by atoms with Crippen molar-refractivity contribution in [2.75, 3.05) is 0 Å². The van der Waals surface area contributed by atoms with Gasteiger partial charge < -0.3 is 14.9 Å². The predicted molar refractivity (Wildman–Crippen MR) is 52.3 cm³/mol. The fraction of sp³-hybridized carbons (Fsp3) is 0.625. The first-order valence-corrected chi connectivity index (χ1v) is 5.12. The van der Waals surface area contributed by atoms with Gasteiger partial charge in [0.15, 0.2) is 5.41 Å². The van der Waals surface area contributed by atoms with Crippen molar-refractivity contribution in [2.45, 2.75) is 23.8 Å². The summed E-state index contributed by atoms with van der Waals surface area (Å²) in [7, 11) is 0. The van der Waals surface area contributed by atoms with Gasteiger partial charge in [0, 0.05) is 12.8 Å². The van der Waals surface area contributed by atoms with Gasteiger partial charge in [0.1, 0.15) is 6.10 Å². The first-order valence-electron chi connectivity index (χ1n) is 4.25. The molecule has 0 heterocycles. The summed E-state index contributed by atoms with van der Waals surface area (Å²) in [6.45, 7) is 0. The average Bonchev–Trinajstić information content (AvgIpc) is 2.08. The highest BCUT2D eigenvalue weighted by Crippen LogP contribution is 2.43. The number of carbonyl (C=O) groups is 3. The molecule has 16 heavy (non-hydrogen) atoms. The van der Waals surface area contributed by atoms with Crippen LogP contribution in [0.1, 0.15) is 12.8 Å². The first-order chi connectivity index (χ1) is 7.29. The smallest absolute Gasteiger partial charge is 0.339 e. The van der Waals surface area contributed by atoms with Crippen LogP contribution in [0, 0.1) is 5.41 Å². The second kappa shape index (κ2) is 4.47. The minimum atomic E-state index is -1.86. The Hall–Kier alpha value is -1.01. The van der Waals surface area contributed by atoms with Crippen molar-refractivity contribution in [3.8, 4) is 0 Å². The molecule has 0 unspecified atom stereocenters. The van der Waals surface area contributed by atoms with Crippen LogP contribution in [0.5, 0.6) is 0 Å². The molecule has 1 aliphatic rings. The molecule has 1 fully saturated rings. The number of hydrogen-bond acceptors (Lipinski definition) is 4. The third-order valence-corrected chi connectivity index (χ3v) is 2.79. The number of carboxylic acid groups (broad SMARTS) is 2. The second-order valence-corrected chi connectivity index (χ2v) is 4.56. The minimum absolute atomic E-state index is 0.274. The maximum absolute atomic E-state index is 10.9. The lowest BCUT2D eigenvalue weighted by molar-refractivity contribution is -0.188. The second-order valence-electron chi connectivity index (χ2n) is 3.46. The summed E-state index contributed by atoms with van der Waals surface area (Å²) in [6, 6.07) is 0. The lowest BCUT2D eigenvalue weighted by Crippen LogP contribution is -2.53. The van der Waals surface area contributed by atoms with Gasteiger partial charge in [-0.3, -0.25) is 9.59 Å². The summed E-state index contributed by atoms with van der Waals surface area (Å²) >= 11 is 10.4. The topological polar surface area (TPSA) is 101 Å². The number of hydrogen-bond donors (Lipinski definition) is 2. The Morgan fingerprint density at radius 3 is 1.94 bits per heavy atom. The van der Waals surface area contributed by atoms with Gasteiger partial charge in [0.05, 0.1) is 0 Å². The van der Waals surface area contributed by atoms with E-state index in [2.05, 4.69) is 4.74 Å². The Morgan fingerprint density at radius 1 is 1.19 bits per heavy atom. The van der Waals surface area contributed by atoms with E-state index in [-0.39, 0.29) is 12.8 Å². The van der Waals surface area contributed by atoms with Gasteiger partial charge in [-0.05, 0) is 0 Å². The van der Waals surface area contributed by atoms with E-state index in [0.29, 0.717) is 0 Å². The number of alkyl halides is 2. The van der Waals surface area contributed by atoms with Crippen LogP contribution in [-0.4, -0.2) is 39.1 Å². The molecule has 1 saturated carbocycles. The highest BCUT2D eigenvalue weighted by Gasteiger charge is 2.58. The van der Waals surface area contributed by atoms with Crippen LogP contribution in [0.2, 0.25) is 0 Å². The monoisotopic (exact) mass is 270 g/mol. The van der Waals surface area contributed by atoms with Gasteiger partial charge in [-0.1, -0.05) is 23.2 Å². The van der Waals surface area contributed by atoms with Crippen LogP contribution in [0.25, 0.3) is 0 Å². The highest BCUT2D eigenvalue weighted by atomic mass is 35.5. The zero-order valence-electron chi connectivity index (χ0n) is 7.85. The Balaban J connectivity index is 2.56. The third-order valence-electron chi connectivity index (χ3n) is 2.43. The van der Waals surface area contributed by atoms with Crippen LogP contribution in [0.4, 0.5) is 0 Å². The molecule has 0 aliphatic heterocycles. The largest absolute Gasteiger partial charge is 0.480 e. The van der Waals surface area contributed by atoms with Gasteiger partial charge in [0.2, 0.25) is 4.84 Å². The molecule has 0 amide bonds. The quantitative estimate of drug-likeness (QED) is 0.442. The van der Waals surface area contributed by atoms with E-state index < -0.39 is 34.3 Å². The zero-order valence-corrected chi connectivity index (χ0v) is 9.36. The van der Waals surface area contributed by atoms with Crippen molar-refractivity contribution < 1.29 is 29.3 Å². The Labute approximate surface area is 100 Å². The van der Waals surface area contributed by atoms with Crippen molar-refractivity contribution in [1.82, 2.24) is 0 Å². The van der Waals surface area contributed by atoms with E-state index in [1.54, 1.807) is 0 Å². The lowest BCUT2D eigenvalue weighted by Gasteiger charge is -2.39. The average molecular weight is 271 g/mol. The molecule has 0 saturated heterocycles. The number of carboxylic acids is 2. The number of halogens is 2. The van der Waals surface area contributed by atoms with E-state index in [1.807, 2.05) is 0 Å². The summed E-state index contributed by atoms with van der Waals surface area (Å²) in [4.78, 5) is 31.0. The van der Waals surface area contributed by atoms with Crippen molar-refractivity contribution in [3.05, 3.63) is 0 Å². The standard InChI is InChI=1S/C8H8Cl2O6/c9-4(10)5(11)16-3-1-8(2-3,6(12)13)7(14)15/h3-4H,1-2H2,(H,12,13)(H,14,15). The van der Waals surface area contributed by atoms with Gasteiger partial charge in [-0.15, -0.1) is 0 Å². The lowest BCUT2D eigenvalue weighted by atomic mass is 9.66. The molecular weight excluding hydrogens is 263 g/mol. The number of rotatable bonds is 4. The Kier molecular flexibility index (Phi) is 3.64. The molecule has 0 atom stereocenters. The van der Waals surface area contributed by atoms with Crippen LogP contribution in [0.15, 0.2) is 0 Å². The van der Waals surface area contributed by atoms with E-state index in [1.165, 1.54) is 0 Å². The van der Waals surface area contributed by atoms with E-state index >= 15 is 0 Å². The van der Waals surface area contributed by atoms with Gasteiger partial charge in [-0.2, -0.15) is 0 Å². The Morgan fingerprint density at radius 2 is 1.62 bits per heavy atom. The van der Waals surface area contributed by atoms with Crippen LogP contribution in [-0.2, 0) is 19.1 Å². The summed E-state index contributed by atoms with van der Waals surface area (Å²) in [6.07, 6.45) is -1.31.